The van der Waals surface area contributed by atoms with Crippen LogP contribution in [-0.2, 0) is 15.6 Å². The molecule has 0 unspecified atom stereocenters. The average Bonchev–Trinajstić information content (AvgIpc) is 2.31. The molecule has 0 aromatic heterocycles. The number of anilines is 1. The third-order valence-electron chi connectivity index (χ3n) is 2.91. The summed E-state index contributed by atoms with van der Waals surface area (Å²) < 4.78 is 24.7. The topological polar surface area (TPSA) is 60.2 Å². The summed E-state index contributed by atoms with van der Waals surface area (Å²) in [5.41, 5.74) is 7.64. The third-order valence-corrected chi connectivity index (χ3v) is 4.88. The molecule has 0 atom stereocenters. The van der Waals surface area contributed by atoms with Crippen LogP contribution in [0.15, 0.2) is 47.4 Å². The van der Waals surface area contributed by atoms with Crippen molar-refractivity contribution in [1.29, 1.82) is 0 Å². The van der Waals surface area contributed by atoms with Gasteiger partial charge in [-0.25, -0.2) is 8.42 Å². The summed E-state index contributed by atoms with van der Waals surface area (Å²) in [6.07, 6.45) is 0. The number of halogens is 1. The van der Waals surface area contributed by atoms with Crippen molar-refractivity contribution in [2.45, 2.75) is 17.6 Å². The van der Waals surface area contributed by atoms with Crippen molar-refractivity contribution < 1.29 is 8.42 Å². The van der Waals surface area contributed by atoms with Crippen molar-refractivity contribution in [2.24, 2.45) is 0 Å². The summed E-state index contributed by atoms with van der Waals surface area (Å²) in [5, 5.41) is 0.423. The fourth-order valence-corrected chi connectivity index (χ4v) is 3.62. The van der Waals surface area contributed by atoms with Crippen molar-refractivity contribution >= 4 is 27.1 Å². The van der Waals surface area contributed by atoms with Crippen LogP contribution in [0, 0.1) is 6.92 Å². The van der Waals surface area contributed by atoms with Gasteiger partial charge in [0.15, 0.2) is 9.84 Å². The second kappa shape index (κ2) is 5.23. The molecule has 0 radical (unpaired) electrons. The van der Waals surface area contributed by atoms with Gasteiger partial charge in [-0.05, 0) is 36.2 Å². The van der Waals surface area contributed by atoms with Gasteiger partial charge in [-0.15, -0.1) is 0 Å². The molecule has 0 fully saturated rings. The molecule has 0 spiro atoms. The lowest BCUT2D eigenvalue weighted by atomic mass is 10.1. The Labute approximate surface area is 117 Å². The smallest absolute Gasteiger partial charge is 0.184 e. The van der Waals surface area contributed by atoms with E-state index in [1.54, 1.807) is 6.07 Å². The van der Waals surface area contributed by atoms with E-state index in [1.165, 1.54) is 18.2 Å². The van der Waals surface area contributed by atoms with E-state index >= 15 is 0 Å². The Morgan fingerprint density at radius 2 is 1.84 bits per heavy atom. The molecule has 2 aromatic rings. The maximum Gasteiger partial charge on any atom is 0.184 e. The standard InChI is InChI=1S/C14H14ClNO2S/c1-10-4-2-3-5-11(10)9-19(17,18)14-7-6-12(15)8-13(14)16/h2-8H,9,16H2,1H3. The predicted octanol–water partition coefficient (Wildman–Crippen LogP) is 3.20. The number of rotatable bonds is 3. The molecular formula is C14H14ClNO2S. The number of nitrogens with two attached hydrogens (primary N) is 1. The van der Waals surface area contributed by atoms with Crippen LogP contribution >= 0.6 is 11.6 Å². The van der Waals surface area contributed by atoms with Crippen LogP contribution in [0.5, 0.6) is 0 Å². The first-order valence-corrected chi connectivity index (χ1v) is 7.75. The molecule has 5 heteroatoms. The zero-order valence-corrected chi connectivity index (χ0v) is 12.0. The Morgan fingerprint density at radius 1 is 1.16 bits per heavy atom. The lowest BCUT2D eigenvalue weighted by Crippen LogP contribution is -2.08. The molecule has 0 saturated carbocycles. The van der Waals surface area contributed by atoms with Crippen molar-refractivity contribution in [3.8, 4) is 0 Å². The van der Waals surface area contributed by atoms with Gasteiger partial charge in [0, 0.05) is 5.02 Å². The van der Waals surface area contributed by atoms with Crippen molar-refractivity contribution in [3.63, 3.8) is 0 Å². The van der Waals surface area contributed by atoms with Crippen LogP contribution in [0.3, 0.4) is 0 Å². The van der Waals surface area contributed by atoms with Crippen molar-refractivity contribution in [1.82, 2.24) is 0 Å². The molecule has 0 saturated heterocycles. The summed E-state index contributed by atoms with van der Waals surface area (Å²) in [6, 6.07) is 11.8. The van der Waals surface area contributed by atoms with E-state index in [0.29, 0.717) is 5.02 Å². The average molecular weight is 296 g/mol. The fraction of sp³-hybridized carbons (Fsp3) is 0.143. The Morgan fingerprint density at radius 3 is 2.47 bits per heavy atom. The molecule has 2 N–H and O–H groups in total. The summed E-state index contributed by atoms with van der Waals surface area (Å²) in [4.78, 5) is 0.125. The van der Waals surface area contributed by atoms with Crippen LogP contribution in [0.25, 0.3) is 0 Å². The Bertz CT molecular complexity index is 711. The van der Waals surface area contributed by atoms with E-state index in [2.05, 4.69) is 0 Å². The SMILES string of the molecule is Cc1ccccc1CS(=O)(=O)c1ccc(Cl)cc1N. The first-order valence-electron chi connectivity index (χ1n) is 5.72. The molecular weight excluding hydrogens is 282 g/mol. The summed E-state index contributed by atoms with van der Waals surface area (Å²) in [6.45, 7) is 1.88. The number of nitrogen functional groups attached to an aromatic ring is 1. The van der Waals surface area contributed by atoms with Crippen molar-refractivity contribution in [2.75, 3.05) is 5.73 Å². The first-order chi connectivity index (χ1) is 8.90. The first kappa shape index (κ1) is 13.9. The number of benzene rings is 2. The van der Waals surface area contributed by atoms with Crippen LogP contribution in [0.2, 0.25) is 5.02 Å². The number of aryl methyl sites for hydroxylation is 1. The van der Waals surface area contributed by atoms with E-state index in [-0.39, 0.29) is 16.3 Å². The highest BCUT2D eigenvalue weighted by Crippen LogP contribution is 2.26. The Balaban J connectivity index is 2.41. The minimum Gasteiger partial charge on any atom is -0.398 e. The normalized spacial score (nSPS) is 11.5. The molecule has 0 bridgehead atoms. The maximum atomic E-state index is 12.4. The quantitative estimate of drug-likeness (QED) is 0.885. The van der Waals surface area contributed by atoms with Crippen LogP contribution in [0.4, 0.5) is 5.69 Å². The zero-order valence-electron chi connectivity index (χ0n) is 10.4. The molecule has 19 heavy (non-hydrogen) atoms. The predicted molar refractivity (Wildman–Crippen MR) is 77.9 cm³/mol. The van der Waals surface area contributed by atoms with E-state index in [1.807, 2.05) is 25.1 Å². The Kier molecular flexibility index (Phi) is 3.83. The monoisotopic (exact) mass is 295 g/mol. The van der Waals surface area contributed by atoms with E-state index in [4.69, 9.17) is 17.3 Å². The minimum atomic E-state index is -3.47. The van der Waals surface area contributed by atoms with E-state index in [0.717, 1.165) is 11.1 Å². The van der Waals surface area contributed by atoms with Gasteiger partial charge in [-0.1, -0.05) is 35.9 Å². The summed E-state index contributed by atoms with van der Waals surface area (Å²) in [5.74, 6) is -0.0640. The summed E-state index contributed by atoms with van der Waals surface area (Å²) >= 11 is 5.78. The second-order valence-electron chi connectivity index (χ2n) is 4.37. The highest BCUT2D eigenvalue weighted by molar-refractivity contribution is 7.90. The molecule has 2 aromatic carbocycles. The van der Waals surface area contributed by atoms with E-state index in [9.17, 15) is 8.42 Å². The van der Waals surface area contributed by atoms with Gasteiger partial charge in [0.25, 0.3) is 0 Å². The van der Waals surface area contributed by atoms with Crippen LogP contribution in [0.1, 0.15) is 11.1 Å². The second-order valence-corrected chi connectivity index (χ2v) is 6.76. The van der Waals surface area contributed by atoms with Gasteiger partial charge < -0.3 is 5.73 Å². The van der Waals surface area contributed by atoms with Gasteiger partial charge >= 0.3 is 0 Å². The highest BCUT2D eigenvalue weighted by atomic mass is 35.5. The van der Waals surface area contributed by atoms with Crippen LogP contribution in [-0.4, -0.2) is 8.42 Å². The molecule has 3 nitrogen and oxygen atoms in total. The fourth-order valence-electron chi connectivity index (χ4n) is 1.86. The molecule has 0 aliphatic heterocycles. The van der Waals surface area contributed by atoms with Gasteiger partial charge in [0.2, 0.25) is 0 Å². The molecule has 0 heterocycles. The van der Waals surface area contributed by atoms with Gasteiger partial charge in [-0.2, -0.15) is 0 Å². The molecule has 0 amide bonds. The molecule has 2 rings (SSSR count). The lowest BCUT2D eigenvalue weighted by molar-refractivity contribution is 0.595. The molecule has 0 aliphatic carbocycles. The lowest BCUT2D eigenvalue weighted by Gasteiger charge is -2.09. The zero-order chi connectivity index (χ0) is 14.0. The highest BCUT2D eigenvalue weighted by Gasteiger charge is 2.19. The summed E-state index contributed by atoms with van der Waals surface area (Å²) in [7, 11) is -3.47. The third kappa shape index (κ3) is 3.08. The minimum absolute atomic E-state index is 0.0640. The number of sulfone groups is 1. The van der Waals surface area contributed by atoms with Crippen molar-refractivity contribution in [3.05, 3.63) is 58.6 Å². The Hall–Kier alpha value is -1.52. The van der Waals surface area contributed by atoms with Crippen LogP contribution < -0.4 is 5.73 Å². The van der Waals surface area contributed by atoms with Gasteiger partial charge in [0.1, 0.15) is 0 Å². The number of hydrogen-bond acceptors (Lipinski definition) is 3. The maximum absolute atomic E-state index is 12.4. The molecule has 0 aliphatic rings. The van der Waals surface area contributed by atoms with E-state index < -0.39 is 9.84 Å². The number of hydrogen-bond donors (Lipinski definition) is 1. The van der Waals surface area contributed by atoms with Gasteiger partial charge in [0.05, 0.1) is 16.3 Å². The van der Waals surface area contributed by atoms with Gasteiger partial charge in [-0.3, -0.25) is 0 Å². The molecule has 100 valence electrons. The largest absolute Gasteiger partial charge is 0.398 e.